The van der Waals surface area contributed by atoms with Crippen LogP contribution in [0, 0.1) is 6.92 Å². The number of methoxy groups -OCH3 is 2. The minimum atomic E-state index is -3.73. The Labute approximate surface area is 153 Å². The third kappa shape index (κ3) is 4.96. The minimum Gasteiger partial charge on any atom is -0.497 e. The van der Waals surface area contributed by atoms with E-state index in [1.807, 2.05) is 0 Å². The van der Waals surface area contributed by atoms with Gasteiger partial charge in [-0.1, -0.05) is 0 Å². The Balaban J connectivity index is 2.14. The molecule has 0 atom stereocenters. The van der Waals surface area contributed by atoms with Gasteiger partial charge in [-0.3, -0.25) is 9.52 Å². The van der Waals surface area contributed by atoms with E-state index in [1.54, 1.807) is 44.4 Å². The molecule has 0 unspecified atom stereocenters. The standard InChI is InChI=1S/C18H22N2O5S/c1-13-12-14(18(21)19-10-11-24-2)4-9-17(13)20-26(22,23)16-7-5-15(25-3)6-8-16/h4-9,12,20H,10-11H2,1-3H3,(H,19,21). The summed E-state index contributed by atoms with van der Waals surface area (Å²) in [5, 5.41) is 2.72. The monoisotopic (exact) mass is 378 g/mol. The summed E-state index contributed by atoms with van der Waals surface area (Å²) in [4.78, 5) is 12.2. The summed E-state index contributed by atoms with van der Waals surface area (Å²) >= 11 is 0. The van der Waals surface area contributed by atoms with E-state index in [2.05, 4.69) is 10.0 Å². The van der Waals surface area contributed by atoms with Gasteiger partial charge in [0.05, 0.1) is 24.3 Å². The summed E-state index contributed by atoms with van der Waals surface area (Å²) < 4.78 is 37.5. The van der Waals surface area contributed by atoms with E-state index >= 15 is 0 Å². The van der Waals surface area contributed by atoms with E-state index in [0.29, 0.717) is 35.7 Å². The number of anilines is 1. The van der Waals surface area contributed by atoms with Crippen LogP contribution >= 0.6 is 0 Å². The maximum absolute atomic E-state index is 12.5. The molecule has 0 heterocycles. The number of hydrogen-bond donors (Lipinski definition) is 2. The van der Waals surface area contributed by atoms with Crippen LogP contribution in [0.2, 0.25) is 0 Å². The van der Waals surface area contributed by atoms with Crippen molar-refractivity contribution < 1.29 is 22.7 Å². The normalized spacial score (nSPS) is 11.0. The quantitative estimate of drug-likeness (QED) is 0.687. The SMILES string of the molecule is COCCNC(=O)c1ccc(NS(=O)(=O)c2ccc(OC)cc2)c(C)c1. The first-order valence-electron chi connectivity index (χ1n) is 7.92. The molecule has 140 valence electrons. The number of rotatable bonds is 8. The van der Waals surface area contributed by atoms with Gasteiger partial charge in [0.15, 0.2) is 0 Å². The van der Waals surface area contributed by atoms with E-state index in [4.69, 9.17) is 9.47 Å². The highest BCUT2D eigenvalue weighted by Crippen LogP contribution is 2.22. The van der Waals surface area contributed by atoms with Gasteiger partial charge in [0.25, 0.3) is 15.9 Å². The third-order valence-corrected chi connectivity index (χ3v) is 5.08. The van der Waals surface area contributed by atoms with Gasteiger partial charge in [-0.25, -0.2) is 8.42 Å². The predicted octanol–water partition coefficient (Wildman–Crippen LogP) is 2.18. The summed E-state index contributed by atoms with van der Waals surface area (Å²) in [5.74, 6) is 0.332. The van der Waals surface area contributed by atoms with E-state index in [-0.39, 0.29) is 10.8 Å². The van der Waals surface area contributed by atoms with Crippen LogP contribution in [0.3, 0.4) is 0 Å². The molecule has 2 N–H and O–H groups in total. The van der Waals surface area contributed by atoms with Crippen LogP contribution in [0.15, 0.2) is 47.4 Å². The average Bonchev–Trinajstić information content (AvgIpc) is 2.63. The Morgan fingerprint density at radius 1 is 1.08 bits per heavy atom. The molecule has 0 aliphatic heterocycles. The van der Waals surface area contributed by atoms with Crippen LogP contribution in [0.25, 0.3) is 0 Å². The predicted molar refractivity (Wildman–Crippen MR) is 99.2 cm³/mol. The summed E-state index contributed by atoms with van der Waals surface area (Å²) in [6.07, 6.45) is 0. The fourth-order valence-electron chi connectivity index (χ4n) is 2.25. The molecule has 1 amide bonds. The van der Waals surface area contributed by atoms with Crippen LogP contribution in [0.1, 0.15) is 15.9 Å². The molecule has 7 nitrogen and oxygen atoms in total. The second-order valence-electron chi connectivity index (χ2n) is 5.56. The van der Waals surface area contributed by atoms with Gasteiger partial charge in [0.1, 0.15) is 5.75 Å². The summed E-state index contributed by atoms with van der Waals surface area (Å²) in [7, 11) is -0.667. The van der Waals surface area contributed by atoms with Crippen LogP contribution in [-0.2, 0) is 14.8 Å². The Kier molecular flexibility index (Phi) is 6.59. The lowest BCUT2D eigenvalue weighted by atomic mass is 10.1. The van der Waals surface area contributed by atoms with Crippen molar-refractivity contribution >= 4 is 21.6 Å². The number of carbonyl (C=O) groups excluding carboxylic acids is 1. The number of carbonyl (C=O) groups is 1. The van der Waals surface area contributed by atoms with Crippen molar-refractivity contribution in [3.05, 3.63) is 53.6 Å². The van der Waals surface area contributed by atoms with Crippen molar-refractivity contribution in [2.24, 2.45) is 0 Å². The molecular formula is C18H22N2O5S. The lowest BCUT2D eigenvalue weighted by Crippen LogP contribution is -2.27. The first-order chi connectivity index (χ1) is 12.4. The Morgan fingerprint density at radius 3 is 2.35 bits per heavy atom. The first-order valence-corrected chi connectivity index (χ1v) is 9.40. The molecule has 0 saturated carbocycles. The number of amides is 1. The molecule has 0 aliphatic carbocycles. The van der Waals surface area contributed by atoms with Gasteiger partial charge in [0.2, 0.25) is 0 Å². The van der Waals surface area contributed by atoms with Gasteiger partial charge >= 0.3 is 0 Å². The molecule has 0 aliphatic rings. The summed E-state index contributed by atoms with van der Waals surface area (Å²) in [5.41, 5.74) is 1.50. The van der Waals surface area contributed by atoms with E-state index in [9.17, 15) is 13.2 Å². The molecule has 0 spiro atoms. The smallest absolute Gasteiger partial charge is 0.261 e. The molecule has 0 aromatic heterocycles. The minimum absolute atomic E-state index is 0.124. The maximum atomic E-state index is 12.5. The lowest BCUT2D eigenvalue weighted by Gasteiger charge is -2.12. The van der Waals surface area contributed by atoms with Crippen molar-refractivity contribution in [1.82, 2.24) is 5.32 Å². The fraction of sp³-hybridized carbons (Fsp3) is 0.278. The number of sulfonamides is 1. The molecular weight excluding hydrogens is 356 g/mol. The number of hydrogen-bond acceptors (Lipinski definition) is 5. The van der Waals surface area contributed by atoms with Crippen molar-refractivity contribution in [2.75, 3.05) is 32.1 Å². The zero-order valence-electron chi connectivity index (χ0n) is 14.9. The van der Waals surface area contributed by atoms with Crippen LogP contribution in [0.5, 0.6) is 5.75 Å². The zero-order chi connectivity index (χ0) is 19.2. The first kappa shape index (κ1) is 19.7. The summed E-state index contributed by atoms with van der Waals surface area (Å²) in [6, 6.07) is 10.9. The van der Waals surface area contributed by atoms with E-state index in [0.717, 1.165) is 0 Å². The number of ether oxygens (including phenoxy) is 2. The highest BCUT2D eigenvalue weighted by Gasteiger charge is 2.16. The van der Waals surface area contributed by atoms with E-state index < -0.39 is 10.0 Å². The Morgan fingerprint density at radius 2 is 1.77 bits per heavy atom. The second kappa shape index (κ2) is 8.68. The molecule has 0 bridgehead atoms. The Bertz CT molecular complexity index is 864. The summed E-state index contributed by atoms with van der Waals surface area (Å²) in [6.45, 7) is 2.56. The van der Waals surface area contributed by atoms with Gasteiger partial charge in [-0.05, 0) is 55.0 Å². The molecule has 0 saturated heterocycles. The van der Waals surface area contributed by atoms with Crippen molar-refractivity contribution in [3.8, 4) is 5.75 Å². The molecule has 8 heteroatoms. The highest BCUT2D eigenvalue weighted by atomic mass is 32.2. The molecule has 26 heavy (non-hydrogen) atoms. The van der Waals surface area contributed by atoms with Crippen LogP contribution in [-0.4, -0.2) is 41.7 Å². The van der Waals surface area contributed by atoms with Crippen molar-refractivity contribution in [3.63, 3.8) is 0 Å². The molecule has 2 aromatic carbocycles. The van der Waals surface area contributed by atoms with Gasteiger partial charge in [0, 0.05) is 19.2 Å². The molecule has 2 rings (SSSR count). The lowest BCUT2D eigenvalue weighted by molar-refractivity contribution is 0.0937. The largest absolute Gasteiger partial charge is 0.497 e. The highest BCUT2D eigenvalue weighted by molar-refractivity contribution is 7.92. The molecule has 0 fully saturated rings. The van der Waals surface area contributed by atoms with E-state index in [1.165, 1.54) is 19.2 Å². The number of nitrogens with one attached hydrogen (secondary N) is 2. The number of aryl methyl sites for hydroxylation is 1. The second-order valence-corrected chi connectivity index (χ2v) is 7.24. The maximum Gasteiger partial charge on any atom is 0.261 e. The zero-order valence-corrected chi connectivity index (χ0v) is 15.7. The van der Waals surface area contributed by atoms with Crippen LogP contribution < -0.4 is 14.8 Å². The van der Waals surface area contributed by atoms with Crippen molar-refractivity contribution in [1.29, 1.82) is 0 Å². The van der Waals surface area contributed by atoms with Crippen LogP contribution in [0.4, 0.5) is 5.69 Å². The fourth-order valence-corrected chi connectivity index (χ4v) is 3.38. The average molecular weight is 378 g/mol. The van der Waals surface area contributed by atoms with Crippen molar-refractivity contribution in [2.45, 2.75) is 11.8 Å². The number of benzene rings is 2. The third-order valence-electron chi connectivity index (χ3n) is 3.69. The molecule has 0 radical (unpaired) electrons. The van der Waals surface area contributed by atoms with Gasteiger partial charge < -0.3 is 14.8 Å². The van der Waals surface area contributed by atoms with Gasteiger partial charge in [-0.15, -0.1) is 0 Å². The topological polar surface area (TPSA) is 93.7 Å². The molecule has 2 aromatic rings. The van der Waals surface area contributed by atoms with Gasteiger partial charge in [-0.2, -0.15) is 0 Å². The Hall–Kier alpha value is -2.58.